The van der Waals surface area contributed by atoms with Gasteiger partial charge in [-0.15, -0.1) is 0 Å². The van der Waals surface area contributed by atoms with Crippen LogP contribution < -0.4 is 0 Å². The van der Waals surface area contributed by atoms with Crippen molar-refractivity contribution in [3.05, 3.63) is 12.2 Å². The molecular weight excluding hydrogens is 150 g/mol. The van der Waals surface area contributed by atoms with Crippen LogP contribution in [0.5, 0.6) is 0 Å². The van der Waals surface area contributed by atoms with Gasteiger partial charge >= 0.3 is 0 Å². The predicted molar refractivity (Wildman–Crippen MR) is 48.9 cm³/mol. The minimum absolute atomic E-state index is 0.198. The Labute approximate surface area is 73.9 Å². The molecule has 3 aliphatic rings. The molecule has 2 nitrogen and oxygen atoms in total. The number of aliphatic hydroxyl groups is 1. The summed E-state index contributed by atoms with van der Waals surface area (Å²) < 4.78 is 0. The Morgan fingerprint density at radius 2 is 2.08 bits per heavy atom. The van der Waals surface area contributed by atoms with E-state index in [0.29, 0.717) is 0 Å². The van der Waals surface area contributed by atoms with Crippen molar-refractivity contribution in [2.75, 3.05) is 26.2 Å². The third-order valence-electron chi connectivity index (χ3n) is 3.20. The van der Waals surface area contributed by atoms with Crippen LogP contribution >= 0.6 is 0 Å². The fourth-order valence-electron chi connectivity index (χ4n) is 2.46. The second-order valence-electron chi connectivity index (χ2n) is 3.91. The van der Waals surface area contributed by atoms with Crippen LogP contribution in [-0.4, -0.2) is 36.2 Å². The average Bonchev–Trinajstić information content (AvgIpc) is 2.17. The van der Waals surface area contributed by atoms with Crippen LogP contribution in [0.3, 0.4) is 0 Å². The molecule has 0 aromatic carbocycles. The summed E-state index contributed by atoms with van der Waals surface area (Å²) >= 11 is 0. The van der Waals surface area contributed by atoms with Crippen LogP contribution in [0.1, 0.15) is 12.8 Å². The molecule has 0 aromatic heterocycles. The van der Waals surface area contributed by atoms with E-state index in [4.69, 9.17) is 5.11 Å². The molecule has 3 saturated heterocycles. The van der Waals surface area contributed by atoms with Crippen LogP contribution in [0.2, 0.25) is 0 Å². The fourth-order valence-corrected chi connectivity index (χ4v) is 2.46. The molecule has 2 heteroatoms. The molecule has 0 amide bonds. The highest BCUT2D eigenvalue weighted by Crippen LogP contribution is 2.32. The van der Waals surface area contributed by atoms with Gasteiger partial charge in [-0.2, -0.15) is 0 Å². The van der Waals surface area contributed by atoms with Gasteiger partial charge in [0.05, 0.1) is 6.61 Å². The largest absolute Gasteiger partial charge is 0.392 e. The molecule has 0 unspecified atom stereocenters. The summed E-state index contributed by atoms with van der Waals surface area (Å²) in [5.41, 5.74) is 0. The number of nitrogens with zero attached hydrogens (tertiary/aromatic N) is 1. The van der Waals surface area contributed by atoms with Crippen molar-refractivity contribution >= 4 is 0 Å². The fraction of sp³-hybridized carbons (Fsp3) is 0.800. The third-order valence-corrected chi connectivity index (χ3v) is 3.20. The molecule has 3 heterocycles. The van der Waals surface area contributed by atoms with E-state index in [9.17, 15) is 0 Å². The summed E-state index contributed by atoms with van der Waals surface area (Å²) in [6.45, 7) is 4.02. The Morgan fingerprint density at radius 1 is 1.33 bits per heavy atom. The Hall–Kier alpha value is -0.340. The van der Waals surface area contributed by atoms with Gasteiger partial charge in [0, 0.05) is 6.54 Å². The summed E-state index contributed by atoms with van der Waals surface area (Å²) in [6, 6.07) is 0. The molecule has 3 rings (SSSR count). The normalized spacial score (nSPS) is 40.9. The molecular formula is C10H17NO. The molecule has 0 radical (unpaired) electrons. The minimum atomic E-state index is 0.198. The summed E-state index contributed by atoms with van der Waals surface area (Å²) in [7, 11) is 0. The van der Waals surface area contributed by atoms with E-state index in [1.807, 2.05) is 6.08 Å². The Balaban J connectivity index is 1.95. The maximum atomic E-state index is 8.67. The maximum absolute atomic E-state index is 8.67. The average molecular weight is 167 g/mol. The van der Waals surface area contributed by atoms with E-state index in [0.717, 1.165) is 11.8 Å². The van der Waals surface area contributed by atoms with E-state index in [-0.39, 0.29) is 6.61 Å². The van der Waals surface area contributed by atoms with Gasteiger partial charge < -0.3 is 10.0 Å². The number of fused-ring (bicyclic) bond motifs is 3. The number of rotatable bonds is 2. The lowest BCUT2D eigenvalue weighted by Gasteiger charge is -2.43. The highest BCUT2D eigenvalue weighted by molar-refractivity contribution is 4.98. The van der Waals surface area contributed by atoms with E-state index in [2.05, 4.69) is 11.0 Å². The highest BCUT2D eigenvalue weighted by atomic mass is 16.2. The molecule has 68 valence electrons. The number of piperidine rings is 3. The van der Waals surface area contributed by atoms with Crippen molar-refractivity contribution in [3.8, 4) is 0 Å². The van der Waals surface area contributed by atoms with Gasteiger partial charge in [-0.05, 0) is 37.8 Å². The lowest BCUT2D eigenvalue weighted by Crippen LogP contribution is -2.46. The lowest BCUT2D eigenvalue weighted by atomic mass is 9.79. The van der Waals surface area contributed by atoms with Gasteiger partial charge in [-0.1, -0.05) is 12.2 Å². The molecule has 0 spiro atoms. The number of hydrogen-bond donors (Lipinski definition) is 1. The molecule has 3 aliphatic heterocycles. The van der Waals surface area contributed by atoms with Gasteiger partial charge in [-0.3, -0.25) is 0 Å². The van der Waals surface area contributed by atoms with Gasteiger partial charge in [0.15, 0.2) is 0 Å². The SMILES string of the molecule is OCC=C[C@@H]1CN2CCC1CC2. The van der Waals surface area contributed by atoms with Gasteiger partial charge in [0.1, 0.15) is 0 Å². The topological polar surface area (TPSA) is 23.5 Å². The quantitative estimate of drug-likeness (QED) is 0.617. The van der Waals surface area contributed by atoms with Crippen molar-refractivity contribution in [2.24, 2.45) is 11.8 Å². The summed E-state index contributed by atoms with van der Waals surface area (Å²) in [6.07, 6.45) is 6.82. The molecule has 3 fully saturated rings. The van der Waals surface area contributed by atoms with Crippen LogP contribution in [0.25, 0.3) is 0 Å². The molecule has 2 bridgehead atoms. The molecule has 0 aromatic rings. The van der Waals surface area contributed by atoms with Gasteiger partial charge in [0.2, 0.25) is 0 Å². The standard InChI is InChI=1S/C10H17NO/c12-7-1-2-10-8-11-5-3-9(10)4-6-11/h1-2,9-10,12H,3-8H2/t10-/m1/s1. The second-order valence-corrected chi connectivity index (χ2v) is 3.91. The first-order valence-corrected chi connectivity index (χ1v) is 4.90. The van der Waals surface area contributed by atoms with E-state index >= 15 is 0 Å². The highest BCUT2D eigenvalue weighted by Gasteiger charge is 2.32. The van der Waals surface area contributed by atoms with Crippen LogP contribution in [0.4, 0.5) is 0 Å². The van der Waals surface area contributed by atoms with Crippen LogP contribution in [0, 0.1) is 11.8 Å². The van der Waals surface area contributed by atoms with Crippen molar-refractivity contribution in [2.45, 2.75) is 12.8 Å². The monoisotopic (exact) mass is 167 g/mol. The molecule has 12 heavy (non-hydrogen) atoms. The van der Waals surface area contributed by atoms with Crippen molar-refractivity contribution in [1.82, 2.24) is 4.90 Å². The predicted octanol–water partition coefficient (Wildman–Crippen LogP) is 0.877. The molecule has 1 atom stereocenters. The smallest absolute Gasteiger partial charge is 0.0612 e. The van der Waals surface area contributed by atoms with Gasteiger partial charge in [-0.25, -0.2) is 0 Å². The second kappa shape index (κ2) is 3.58. The first-order chi connectivity index (χ1) is 5.90. The number of aliphatic hydroxyl groups excluding tert-OH is 1. The van der Waals surface area contributed by atoms with Crippen LogP contribution in [0.15, 0.2) is 12.2 Å². The van der Waals surface area contributed by atoms with Crippen molar-refractivity contribution < 1.29 is 5.11 Å². The van der Waals surface area contributed by atoms with Crippen LogP contribution in [-0.2, 0) is 0 Å². The van der Waals surface area contributed by atoms with E-state index in [1.165, 1.54) is 32.5 Å². The summed E-state index contributed by atoms with van der Waals surface area (Å²) in [5.74, 6) is 1.62. The van der Waals surface area contributed by atoms with Crippen molar-refractivity contribution in [3.63, 3.8) is 0 Å². The molecule has 0 aliphatic carbocycles. The van der Waals surface area contributed by atoms with E-state index < -0.39 is 0 Å². The Kier molecular flexibility index (Phi) is 2.47. The van der Waals surface area contributed by atoms with Gasteiger partial charge in [0.25, 0.3) is 0 Å². The summed E-state index contributed by atoms with van der Waals surface area (Å²) in [4.78, 5) is 2.53. The maximum Gasteiger partial charge on any atom is 0.0612 e. The zero-order valence-corrected chi connectivity index (χ0v) is 7.45. The molecule has 1 N–H and O–H groups in total. The zero-order chi connectivity index (χ0) is 8.39. The minimum Gasteiger partial charge on any atom is -0.392 e. The van der Waals surface area contributed by atoms with Crippen molar-refractivity contribution in [1.29, 1.82) is 0 Å². The first kappa shape index (κ1) is 8.27. The number of hydrogen-bond acceptors (Lipinski definition) is 2. The zero-order valence-electron chi connectivity index (χ0n) is 7.45. The first-order valence-electron chi connectivity index (χ1n) is 4.90. The third kappa shape index (κ3) is 1.54. The molecule has 0 saturated carbocycles. The van der Waals surface area contributed by atoms with E-state index in [1.54, 1.807) is 0 Å². The lowest BCUT2D eigenvalue weighted by molar-refractivity contribution is 0.0733. The Morgan fingerprint density at radius 3 is 2.58 bits per heavy atom. The summed E-state index contributed by atoms with van der Waals surface area (Å²) in [5, 5.41) is 8.67. The Bertz CT molecular complexity index is 171.